The second-order valence-corrected chi connectivity index (χ2v) is 8.81. The van der Waals surface area contributed by atoms with Crippen molar-refractivity contribution in [2.75, 3.05) is 11.2 Å². The number of hydrogen-bond donors (Lipinski definition) is 1. The molecule has 0 fully saturated rings. The third kappa shape index (κ3) is 4.89. The van der Waals surface area contributed by atoms with Crippen LogP contribution in [0.25, 0.3) is 0 Å². The highest BCUT2D eigenvalue weighted by molar-refractivity contribution is 7.89. The average molecular weight is 403 g/mol. The first-order valence-corrected chi connectivity index (χ1v) is 10.8. The zero-order valence-corrected chi connectivity index (χ0v) is 16.4. The predicted octanol–water partition coefficient (Wildman–Crippen LogP) is 2.87. The van der Waals surface area contributed by atoms with Crippen LogP contribution in [0.2, 0.25) is 0 Å². The molecule has 3 rings (SSSR count). The Morgan fingerprint density at radius 3 is 2.44 bits per heavy atom. The number of pyridine rings is 1. The van der Waals surface area contributed by atoms with Crippen molar-refractivity contribution in [1.82, 2.24) is 14.7 Å². The molecule has 2 heterocycles. The number of hydrogen-bond acceptors (Lipinski definition) is 7. The van der Waals surface area contributed by atoms with Gasteiger partial charge in [0.15, 0.2) is 5.13 Å². The Hall–Kier alpha value is -2.78. The molecule has 1 aromatic carbocycles. The molecule has 0 aliphatic rings. The van der Waals surface area contributed by atoms with E-state index in [2.05, 4.69) is 9.97 Å². The van der Waals surface area contributed by atoms with Gasteiger partial charge in [-0.2, -0.15) is 0 Å². The normalized spacial score (nSPS) is 11.2. The van der Waals surface area contributed by atoms with Crippen LogP contribution >= 0.6 is 11.3 Å². The molecule has 0 spiro atoms. The minimum absolute atomic E-state index is 0.104. The fraction of sp³-hybridized carbons (Fsp3) is 0.167. The van der Waals surface area contributed by atoms with E-state index < -0.39 is 15.9 Å². The molecule has 1 N–H and O–H groups in total. The number of carbonyl (C=O) groups excluding carboxylic acids is 1. The molecule has 0 aliphatic heterocycles. The van der Waals surface area contributed by atoms with Crippen LogP contribution in [0.3, 0.4) is 0 Å². The molecule has 0 radical (unpaired) electrons. The number of aryl methyl sites for hydroxylation is 1. The lowest BCUT2D eigenvalue weighted by Crippen LogP contribution is -2.30. The number of anilines is 2. The van der Waals surface area contributed by atoms with Gasteiger partial charge >= 0.3 is 0 Å². The summed E-state index contributed by atoms with van der Waals surface area (Å²) in [4.78, 5) is 23.3. The van der Waals surface area contributed by atoms with E-state index in [0.717, 1.165) is 17.5 Å². The monoisotopic (exact) mass is 402 g/mol. The maximum Gasteiger partial charge on any atom is 0.284 e. The van der Waals surface area contributed by atoms with Crippen molar-refractivity contribution in [2.45, 2.75) is 13.5 Å². The standard InChI is InChI=1S/C18H18N4O3S2/c1-13-16(17(23)21-27(2,24)25)20-18(26-13)22(15-8-10-19-11-9-15)12-14-6-4-3-5-7-14/h3-11H,12H2,1-2H3,(H,21,23). The third-order valence-corrected chi connectivity index (χ3v) is 5.22. The number of amides is 1. The van der Waals surface area contributed by atoms with Gasteiger partial charge in [0.05, 0.1) is 12.8 Å². The fourth-order valence-electron chi connectivity index (χ4n) is 2.48. The van der Waals surface area contributed by atoms with Crippen LogP contribution in [0.4, 0.5) is 10.8 Å². The average Bonchev–Trinajstić information content (AvgIpc) is 3.01. The predicted molar refractivity (Wildman–Crippen MR) is 106 cm³/mol. The van der Waals surface area contributed by atoms with Gasteiger partial charge in [-0.15, -0.1) is 11.3 Å². The Kier molecular flexibility index (Phi) is 5.52. The first kappa shape index (κ1) is 19.0. The summed E-state index contributed by atoms with van der Waals surface area (Å²) in [5.74, 6) is -0.730. The van der Waals surface area contributed by atoms with Crippen LogP contribution in [0.15, 0.2) is 54.9 Å². The summed E-state index contributed by atoms with van der Waals surface area (Å²) < 4.78 is 24.7. The Labute approximate surface area is 161 Å². The van der Waals surface area contributed by atoms with E-state index >= 15 is 0 Å². The molecule has 0 aliphatic carbocycles. The molecule has 0 bridgehead atoms. The molecule has 7 nitrogen and oxygen atoms in total. The van der Waals surface area contributed by atoms with Crippen molar-refractivity contribution in [3.05, 3.63) is 71.0 Å². The van der Waals surface area contributed by atoms with Crippen LogP contribution in [0.5, 0.6) is 0 Å². The van der Waals surface area contributed by atoms with Gasteiger partial charge in [-0.05, 0) is 24.6 Å². The molecule has 140 valence electrons. The van der Waals surface area contributed by atoms with Crippen molar-refractivity contribution in [3.8, 4) is 0 Å². The molecular weight excluding hydrogens is 384 g/mol. The summed E-state index contributed by atoms with van der Waals surface area (Å²) in [5.41, 5.74) is 2.05. The van der Waals surface area contributed by atoms with E-state index in [1.54, 1.807) is 19.3 Å². The van der Waals surface area contributed by atoms with Crippen LogP contribution in [-0.2, 0) is 16.6 Å². The lowest BCUT2D eigenvalue weighted by atomic mass is 10.2. The van der Waals surface area contributed by atoms with Crippen molar-refractivity contribution in [1.29, 1.82) is 0 Å². The maximum atomic E-state index is 12.2. The highest BCUT2D eigenvalue weighted by Crippen LogP contribution is 2.32. The van der Waals surface area contributed by atoms with Crippen LogP contribution in [0.1, 0.15) is 20.9 Å². The SMILES string of the molecule is Cc1sc(N(Cc2ccccc2)c2ccncc2)nc1C(=O)NS(C)(=O)=O. The molecule has 9 heteroatoms. The van der Waals surface area contributed by atoms with Crippen molar-refractivity contribution >= 4 is 38.1 Å². The highest BCUT2D eigenvalue weighted by atomic mass is 32.2. The number of benzene rings is 1. The number of nitrogens with zero attached hydrogens (tertiary/aromatic N) is 3. The van der Waals surface area contributed by atoms with Crippen molar-refractivity contribution in [3.63, 3.8) is 0 Å². The van der Waals surface area contributed by atoms with Gasteiger partial charge in [0.2, 0.25) is 10.0 Å². The molecular formula is C18H18N4O3S2. The third-order valence-electron chi connectivity index (χ3n) is 3.67. The largest absolute Gasteiger partial charge is 0.313 e. The smallest absolute Gasteiger partial charge is 0.284 e. The number of rotatable bonds is 6. The van der Waals surface area contributed by atoms with Crippen LogP contribution in [-0.4, -0.2) is 30.5 Å². The summed E-state index contributed by atoms with van der Waals surface area (Å²) in [6.45, 7) is 2.29. The molecule has 0 saturated heterocycles. The molecule has 2 aromatic heterocycles. The molecule has 1 amide bonds. The van der Waals surface area contributed by atoms with E-state index in [1.165, 1.54) is 11.3 Å². The summed E-state index contributed by atoms with van der Waals surface area (Å²) in [6.07, 6.45) is 4.31. The number of carbonyl (C=O) groups is 1. The van der Waals surface area contributed by atoms with Crippen LogP contribution in [0, 0.1) is 6.92 Å². The van der Waals surface area contributed by atoms with E-state index in [4.69, 9.17) is 0 Å². The fourth-order valence-corrected chi connectivity index (χ4v) is 3.84. The molecule has 3 aromatic rings. The quantitative estimate of drug-likeness (QED) is 0.682. The topological polar surface area (TPSA) is 92.3 Å². The van der Waals surface area contributed by atoms with Crippen molar-refractivity contribution < 1.29 is 13.2 Å². The van der Waals surface area contributed by atoms with Gasteiger partial charge in [0.1, 0.15) is 5.69 Å². The minimum atomic E-state index is -3.66. The van der Waals surface area contributed by atoms with Gasteiger partial charge in [0, 0.05) is 23.0 Å². The second-order valence-electron chi connectivity index (χ2n) is 5.88. The zero-order valence-electron chi connectivity index (χ0n) is 14.8. The van der Waals surface area contributed by atoms with Gasteiger partial charge < -0.3 is 4.90 Å². The van der Waals surface area contributed by atoms with Gasteiger partial charge in [-0.1, -0.05) is 30.3 Å². The summed E-state index contributed by atoms with van der Waals surface area (Å²) in [6, 6.07) is 13.6. The lowest BCUT2D eigenvalue weighted by molar-refractivity contribution is 0.0977. The van der Waals surface area contributed by atoms with Gasteiger partial charge in [0.25, 0.3) is 5.91 Å². The molecule has 0 unspecified atom stereocenters. The number of thiazole rings is 1. The molecule has 0 saturated carbocycles. The number of aromatic nitrogens is 2. The number of sulfonamides is 1. The first-order chi connectivity index (χ1) is 12.8. The summed E-state index contributed by atoms with van der Waals surface area (Å²) >= 11 is 1.33. The van der Waals surface area contributed by atoms with E-state index in [-0.39, 0.29) is 5.69 Å². The van der Waals surface area contributed by atoms with Gasteiger partial charge in [-0.3, -0.25) is 9.78 Å². The Bertz CT molecular complexity index is 1030. The summed E-state index contributed by atoms with van der Waals surface area (Å²) in [7, 11) is -3.66. The van der Waals surface area contributed by atoms with E-state index in [9.17, 15) is 13.2 Å². The Morgan fingerprint density at radius 1 is 1.15 bits per heavy atom. The second kappa shape index (κ2) is 7.85. The highest BCUT2D eigenvalue weighted by Gasteiger charge is 2.22. The number of nitrogens with one attached hydrogen (secondary N) is 1. The zero-order chi connectivity index (χ0) is 19.4. The maximum absolute atomic E-state index is 12.2. The van der Waals surface area contributed by atoms with Gasteiger partial charge in [-0.25, -0.2) is 18.1 Å². The summed E-state index contributed by atoms with van der Waals surface area (Å²) in [5, 5.41) is 0.598. The Morgan fingerprint density at radius 2 is 1.81 bits per heavy atom. The first-order valence-electron chi connectivity index (χ1n) is 8.04. The Balaban J connectivity index is 1.98. The lowest BCUT2D eigenvalue weighted by Gasteiger charge is -2.22. The van der Waals surface area contributed by atoms with Crippen molar-refractivity contribution in [2.24, 2.45) is 0 Å². The van der Waals surface area contributed by atoms with E-state index in [0.29, 0.717) is 16.6 Å². The molecule has 0 atom stereocenters. The molecule has 27 heavy (non-hydrogen) atoms. The van der Waals surface area contributed by atoms with Crippen LogP contribution < -0.4 is 9.62 Å². The van der Waals surface area contributed by atoms with E-state index in [1.807, 2.05) is 52.1 Å². The minimum Gasteiger partial charge on any atom is -0.313 e.